The van der Waals surface area contributed by atoms with Crippen molar-refractivity contribution in [2.75, 3.05) is 0 Å². The monoisotopic (exact) mass is 764 g/mol. The minimum Gasteiger partial charge on any atom is -0.360 e. The summed E-state index contributed by atoms with van der Waals surface area (Å²) in [7, 11) is 0. The summed E-state index contributed by atoms with van der Waals surface area (Å²) in [4.78, 5) is 13.2. The van der Waals surface area contributed by atoms with Gasteiger partial charge < -0.3 is 15.0 Å². The molecule has 4 heteroatoms. The van der Waals surface area contributed by atoms with Crippen LogP contribution in [0.3, 0.4) is 0 Å². The zero-order valence-corrected chi connectivity index (χ0v) is 28.8. The molecule has 1 radical (unpaired) electrons. The van der Waals surface area contributed by atoms with Gasteiger partial charge in [-0.15, -0.1) is 53.6 Å². The Hall–Kier alpha value is -4.24. The Balaban J connectivity index is 0.000000174. The average molecular weight is 764 g/mol. The third-order valence-electron chi connectivity index (χ3n) is 8.12. The number of benzene rings is 3. The fourth-order valence-corrected chi connectivity index (χ4v) is 5.94. The molecule has 3 aromatic heterocycles. The Kier molecular flexibility index (Phi) is 9.58. The molecule has 0 unspecified atom stereocenters. The minimum absolute atomic E-state index is 0. The predicted octanol–water partition coefficient (Wildman–Crippen LogP) is 10.1. The molecule has 3 nitrogen and oxygen atoms in total. The SMILES string of the molecule is CC(C)(C)Cc1ccc(-c2ccnc(-c3[c-]cccc3)c2)cc1.CC1(C)c2ccccc2-c2cc(-c3[c-]nccc3)ncc21.[Ir]. The van der Waals surface area contributed by atoms with E-state index in [1.807, 2.05) is 48.8 Å². The van der Waals surface area contributed by atoms with Crippen LogP contribution in [0, 0.1) is 17.7 Å². The van der Waals surface area contributed by atoms with Crippen molar-refractivity contribution in [2.24, 2.45) is 5.41 Å². The molecule has 0 saturated heterocycles. The molecule has 0 fully saturated rings. The first kappa shape index (κ1) is 32.2. The fraction of sp³-hybridized carbons (Fsp3) is 0.195. The molecular weight excluding hydrogens is 727 g/mol. The number of rotatable bonds is 4. The maximum atomic E-state index is 4.63. The Labute approximate surface area is 281 Å². The Morgan fingerprint density at radius 3 is 2.11 bits per heavy atom. The van der Waals surface area contributed by atoms with Gasteiger partial charge >= 0.3 is 0 Å². The summed E-state index contributed by atoms with van der Waals surface area (Å²) in [5, 5.41) is 0. The maximum absolute atomic E-state index is 4.63. The van der Waals surface area contributed by atoms with Gasteiger partial charge in [-0.3, -0.25) is 0 Å². The van der Waals surface area contributed by atoms with Gasteiger partial charge in [0.05, 0.1) is 0 Å². The first-order chi connectivity index (χ1) is 21.2. The number of fused-ring (bicyclic) bond motifs is 3. The average Bonchev–Trinajstić information content (AvgIpc) is 3.28. The molecule has 0 saturated carbocycles. The summed E-state index contributed by atoms with van der Waals surface area (Å²) < 4.78 is 0. The number of pyridine rings is 3. The van der Waals surface area contributed by atoms with Crippen LogP contribution < -0.4 is 0 Å². The molecule has 0 spiro atoms. The summed E-state index contributed by atoms with van der Waals surface area (Å²) in [6.07, 6.45) is 9.71. The van der Waals surface area contributed by atoms with Crippen molar-refractivity contribution in [3.05, 3.63) is 151 Å². The minimum atomic E-state index is 0. The van der Waals surface area contributed by atoms with Crippen LogP contribution in [0.5, 0.6) is 0 Å². The van der Waals surface area contributed by atoms with Gasteiger partial charge in [0, 0.05) is 37.9 Å². The van der Waals surface area contributed by atoms with Crippen molar-refractivity contribution >= 4 is 0 Å². The second kappa shape index (κ2) is 13.4. The van der Waals surface area contributed by atoms with Crippen molar-refractivity contribution in [1.29, 1.82) is 0 Å². The van der Waals surface area contributed by atoms with Crippen molar-refractivity contribution < 1.29 is 20.1 Å². The van der Waals surface area contributed by atoms with Crippen molar-refractivity contribution in [1.82, 2.24) is 15.0 Å². The van der Waals surface area contributed by atoms with Crippen LogP contribution >= 0.6 is 0 Å². The fourth-order valence-electron chi connectivity index (χ4n) is 5.94. The van der Waals surface area contributed by atoms with Crippen LogP contribution in [-0.4, -0.2) is 15.0 Å². The Morgan fingerprint density at radius 1 is 0.667 bits per heavy atom. The van der Waals surface area contributed by atoms with Gasteiger partial charge in [-0.2, -0.15) is 0 Å². The molecule has 7 rings (SSSR count). The van der Waals surface area contributed by atoms with E-state index < -0.39 is 0 Å². The Bertz CT molecular complexity index is 1870. The summed E-state index contributed by atoms with van der Waals surface area (Å²) in [5.41, 5.74) is 13.2. The van der Waals surface area contributed by atoms with Crippen molar-refractivity contribution in [2.45, 2.75) is 46.5 Å². The van der Waals surface area contributed by atoms with Gasteiger partial charge in [0.1, 0.15) is 0 Å². The smallest absolute Gasteiger partial charge is 0.0207 e. The molecule has 0 N–H and O–H groups in total. The zero-order valence-electron chi connectivity index (χ0n) is 26.4. The summed E-state index contributed by atoms with van der Waals surface area (Å²) in [6, 6.07) is 38.9. The molecule has 0 amide bonds. The number of hydrogen-bond donors (Lipinski definition) is 0. The van der Waals surface area contributed by atoms with E-state index in [0.29, 0.717) is 5.41 Å². The standard InChI is InChI=1S/C22H22N.C19H15N2.Ir/c1-22(2,3)16-17-9-11-18(12-10-17)20-13-14-23-21(15-20)19-7-5-4-6-8-19;1-19(2)16-8-4-3-7-14(16)15-10-18(21-12-17(15)19)13-6-5-9-20-11-13;/h4-7,9-15H,16H2,1-3H3;3-10,12H,1-2H3;/q2*-1;. The third-order valence-corrected chi connectivity index (χ3v) is 8.12. The second-order valence-electron chi connectivity index (χ2n) is 13.1. The summed E-state index contributed by atoms with van der Waals surface area (Å²) in [6.45, 7) is 11.3. The molecule has 1 aliphatic carbocycles. The van der Waals surface area contributed by atoms with E-state index in [4.69, 9.17) is 0 Å². The first-order valence-corrected chi connectivity index (χ1v) is 15.1. The molecular formula is C41H37IrN3-2. The van der Waals surface area contributed by atoms with E-state index in [9.17, 15) is 0 Å². The molecule has 1 aliphatic rings. The topological polar surface area (TPSA) is 38.7 Å². The van der Waals surface area contributed by atoms with Crippen LogP contribution in [0.2, 0.25) is 0 Å². The number of nitrogens with zero attached hydrogens (tertiary/aromatic N) is 3. The van der Waals surface area contributed by atoms with E-state index in [2.05, 4.69) is 129 Å². The number of hydrogen-bond acceptors (Lipinski definition) is 3. The molecule has 3 aromatic carbocycles. The van der Waals surface area contributed by atoms with Crippen molar-refractivity contribution in [3.8, 4) is 44.8 Å². The zero-order chi connectivity index (χ0) is 30.7. The number of aromatic nitrogens is 3. The van der Waals surface area contributed by atoms with Crippen molar-refractivity contribution in [3.63, 3.8) is 0 Å². The summed E-state index contributed by atoms with van der Waals surface area (Å²) in [5.74, 6) is 0. The predicted molar refractivity (Wildman–Crippen MR) is 181 cm³/mol. The van der Waals surface area contributed by atoms with Gasteiger partial charge in [0.25, 0.3) is 0 Å². The van der Waals surface area contributed by atoms with E-state index in [0.717, 1.165) is 28.9 Å². The molecule has 45 heavy (non-hydrogen) atoms. The van der Waals surface area contributed by atoms with E-state index in [1.165, 1.54) is 38.9 Å². The molecule has 0 aliphatic heterocycles. The van der Waals surface area contributed by atoms with E-state index in [1.54, 1.807) is 6.20 Å². The molecule has 6 aromatic rings. The van der Waals surface area contributed by atoms with Crippen LogP contribution in [0.15, 0.2) is 122 Å². The molecule has 227 valence electrons. The maximum Gasteiger partial charge on any atom is 0.0207 e. The molecule has 0 bridgehead atoms. The van der Waals surface area contributed by atoms with Gasteiger partial charge in [0.2, 0.25) is 0 Å². The first-order valence-electron chi connectivity index (χ1n) is 15.1. The molecule has 3 heterocycles. The second-order valence-corrected chi connectivity index (χ2v) is 13.1. The van der Waals surface area contributed by atoms with Gasteiger partial charge in [-0.05, 0) is 74.4 Å². The van der Waals surface area contributed by atoms with E-state index in [-0.39, 0.29) is 25.5 Å². The van der Waals surface area contributed by atoms with Crippen LogP contribution in [-0.2, 0) is 31.9 Å². The van der Waals surface area contributed by atoms with Crippen LogP contribution in [0.25, 0.3) is 44.8 Å². The summed E-state index contributed by atoms with van der Waals surface area (Å²) >= 11 is 0. The van der Waals surface area contributed by atoms with E-state index >= 15 is 0 Å². The Morgan fingerprint density at radius 2 is 1.40 bits per heavy atom. The molecule has 0 atom stereocenters. The largest absolute Gasteiger partial charge is 0.360 e. The van der Waals surface area contributed by atoms with Crippen LogP contribution in [0.4, 0.5) is 0 Å². The van der Waals surface area contributed by atoms with Crippen LogP contribution in [0.1, 0.15) is 51.3 Å². The van der Waals surface area contributed by atoms with Gasteiger partial charge in [0.15, 0.2) is 0 Å². The third kappa shape index (κ3) is 7.20. The normalized spacial score (nSPS) is 12.6. The van der Waals surface area contributed by atoms with Gasteiger partial charge in [-0.1, -0.05) is 101 Å². The quantitative estimate of drug-likeness (QED) is 0.168. The van der Waals surface area contributed by atoms with Gasteiger partial charge in [-0.25, -0.2) is 0 Å².